The summed E-state index contributed by atoms with van der Waals surface area (Å²) in [4.78, 5) is 0. The van der Waals surface area contributed by atoms with E-state index in [-0.39, 0.29) is 12.0 Å². The van der Waals surface area contributed by atoms with Gasteiger partial charge in [-0.15, -0.1) is 0 Å². The van der Waals surface area contributed by atoms with Crippen molar-refractivity contribution < 1.29 is 23.0 Å². The molecule has 0 spiro atoms. The zero-order valence-corrected chi connectivity index (χ0v) is 7.90. The molecule has 1 N–H and O–H groups in total. The monoisotopic (exact) mass is 210 g/mol. The number of allylic oxidation sites excluding steroid dienone is 1. The van der Waals surface area contributed by atoms with Gasteiger partial charge < -0.3 is 9.84 Å². The third-order valence-corrected chi connectivity index (χ3v) is 2.34. The second-order valence-electron chi connectivity index (χ2n) is 3.30. The zero-order chi connectivity index (χ0) is 10.8. The first-order chi connectivity index (χ1) is 6.46. The van der Waals surface area contributed by atoms with Crippen molar-refractivity contribution in [3.05, 3.63) is 11.3 Å². The molecular formula is C9H13F3O2. The van der Waals surface area contributed by atoms with E-state index in [9.17, 15) is 13.2 Å². The smallest absolute Gasteiger partial charge is 0.418 e. The number of methoxy groups -OCH3 is 1. The van der Waals surface area contributed by atoms with Gasteiger partial charge in [-0.2, -0.15) is 13.2 Å². The highest BCUT2D eigenvalue weighted by atomic mass is 19.4. The molecule has 0 aliphatic heterocycles. The standard InChI is InChI=1S/C9H13F3O2/c1-14-7-5-3-2-4-6(7)8(13)9(10,11)12/h8,13H,2-5H2,1H3/t8-/m1/s1. The maximum atomic E-state index is 12.2. The molecule has 1 aliphatic rings. The van der Waals surface area contributed by atoms with Gasteiger partial charge in [-0.3, -0.25) is 0 Å². The van der Waals surface area contributed by atoms with Crippen LogP contribution in [0.15, 0.2) is 11.3 Å². The fourth-order valence-corrected chi connectivity index (χ4v) is 1.62. The van der Waals surface area contributed by atoms with Gasteiger partial charge in [-0.1, -0.05) is 0 Å². The van der Waals surface area contributed by atoms with Crippen LogP contribution in [0.25, 0.3) is 0 Å². The van der Waals surface area contributed by atoms with E-state index < -0.39 is 12.3 Å². The van der Waals surface area contributed by atoms with Crippen LogP contribution in [0.1, 0.15) is 25.7 Å². The molecule has 5 heteroatoms. The average molecular weight is 210 g/mol. The van der Waals surface area contributed by atoms with Gasteiger partial charge in [0, 0.05) is 12.0 Å². The molecule has 0 bridgehead atoms. The number of alkyl halides is 3. The topological polar surface area (TPSA) is 29.5 Å². The molecular weight excluding hydrogens is 197 g/mol. The molecule has 0 fully saturated rings. The lowest BCUT2D eigenvalue weighted by atomic mass is 9.93. The Hall–Kier alpha value is -0.710. The van der Waals surface area contributed by atoms with Crippen LogP contribution in [0.3, 0.4) is 0 Å². The number of halogens is 3. The predicted molar refractivity (Wildman–Crippen MR) is 44.6 cm³/mol. The molecule has 0 amide bonds. The van der Waals surface area contributed by atoms with Crippen LogP contribution in [-0.4, -0.2) is 24.5 Å². The molecule has 0 aromatic carbocycles. The molecule has 0 aromatic heterocycles. The minimum absolute atomic E-state index is 0.00810. The molecule has 1 aliphatic carbocycles. The Morgan fingerprint density at radius 1 is 1.29 bits per heavy atom. The van der Waals surface area contributed by atoms with Gasteiger partial charge in [0.2, 0.25) is 0 Å². The van der Waals surface area contributed by atoms with Crippen LogP contribution >= 0.6 is 0 Å². The summed E-state index contributed by atoms with van der Waals surface area (Å²) in [6, 6.07) is 0. The van der Waals surface area contributed by atoms with Crippen LogP contribution in [0.5, 0.6) is 0 Å². The molecule has 0 saturated carbocycles. The molecule has 14 heavy (non-hydrogen) atoms. The lowest BCUT2D eigenvalue weighted by Crippen LogP contribution is -2.32. The third kappa shape index (κ3) is 2.41. The van der Waals surface area contributed by atoms with Crippen molar-refractivity contribution in [3.63, 3.8) is 0 Å². The highest BCUT2D eigenvalue weighted by Crippen LogP contribution is 2.34. The summed E-state index contributed by atoms with van der Waals surface area (Å²) in [5, 5.41) is 9.05. The highest BCUT2D eigenvalue weighted by molar-refractivity contribution is 5.17. The molecule has 0 radical (unpaired) electrons. The summed E-state index contributed by atoms with van der Waals surface area (Å²) in [6.45, 7) is 0. The van der Waals surface area contributed by atoms with Gasteiger partial charge in [0.05, 0.1) is 12.9 Å². The van der Waals surface area contributed by atoms with Crippen molar-refractivity contribution in [1.29, 1.82) is 0 Å². The van der Waals surface area contributed by atoms with Crippen molar-refractivity contribution in [2.24, 2.45) is 0 Å². The molecule has 1 atom stereocenters. The maximum absolute atomic E-state index is 12.2. The van der Waals surface area contributed by atoms with E-state index in [0.29, 0.717) is 18.6 Å². The normalized spacial score (nSPS) is 20.9. The minimum atomic E-state index is -4.59. The fourth-order valence-electron chi connectivity index (χ4n) is 1.62. The van der Waals surface area contributed by atoms with Gasteiger partial charge in [-0.25, -0.2) is 0 Å². The van der Waals surface area contributed by atoms with E-state index in [2.05, 4.69) is 0 Å². The molecule has 1 rings (SSSR count). The van der Waals surface area contributed by atoms with Gasteiger partial charge >= 0.3 is 6.18 Å². The fraction of sp³-hybridized carbons (Fsp3) is 0.778. The van der Waals surface area contributed by atoms with Crippen molar-refractivity contribution in [1.82, 2.24) is 0 Å². The first kappa shape index (κ1) is 11.4. The van der Waals surface area contributed by atoms with Crippen LogP contribution in [0.4, 0.5) is 13.2 Å². The molecule has 0 aromatic rings. The maximum Gasteiger partial charge on any atom is 0.418 e. The first-order valence-corrected chi connectivity index (χ1v) is 4.47. The van der Waals surface area contributed by atoms with Gasteiger partial charge in [0.1, 0.15) is 0 Å². The number of hydrogen-bond acceptors (Lipinski definition) is 2. The molecule has 2 nitrogen and oxygen atoms in total. The summed E-state index contributed by atoms with van der Waals surface area (Å²) in [5.41, 5.74) is -0.00810. The van der Waals surface area contributed by atoms with E-state index in [0.717, 1.165) is 6.42 Å². The van der Waals surface area contributed by atoms with Crippen LogP contribution in [0, 0.1) is 0 Å². The van der Waals surface area contributed by atoms with E-state index in [1.165, 1.54) is 7.11 Å². The number of aliphatic hydroxyl groups is 1. The zero-order valence-electron chi connectivity index (χ0n) is 7.90. The van der Waals surface area contributed by atoms with Crippen LogP contribution in [-0.2, 0) is 4.74 Å². The summed E-state index contributed by atoms with van der Waals surface area (Å²) < 4.78 is 41.5. The Morgan fingerprint density at radius 3 is 2.36 bits per heavy atom. The predicted octanol–water partition coefficient (Wildman–Crippen LogP) is 2.38. The Labute approximate surface area is 80.4 Å². The quantitative estimate of drug-likeness (QED) is 0.758. The number of aliphatic hydroxyl groups excluding tert-OH is 1. The number of ether oxygens (including phenoxy) is 1. The van der Waals surface area contributed by atoms with Crippen molar-refractivity contribution >= 4 is 0 Å². The Balaban J connectivity index is 2.87. The van der Waals surface area contributed by atoms with Crippen LogP contribution in [0.2, 0.25) is 0 Å². The Bertz CT molecular complexity index is 233. The van der Waals surface area contributed by atoms with Crippen molar-refractivity contribution in [2.45, 2.75) is 38.0 Å². The summed E-state index contributed by atoms with van der Waals surface area (Å²) in [7, 11) is 1.34. The van der Waals surface area contributed by atoms with E-state index in [4.69, 9.17) is 9.84 Å². The largest absolute Gasteiger partial charge is 0.501 e. The Morgan fingerprint density at radius 2 is 1.86 bits per heavy atom. The summed E-state index contributed by atoms with van der Waals surface area (Å²) >= 11 is 0. The molecule has 0 unspecified atom stereocenters. The van der Waals surface area contributed by atoms with E-state index in [1.54, 1.807) is 0 Å². The van der Waals surface area contributed by atoms with Gasteiger partial charge in [0.15, 0.2) is 6.10 Å². The van der Waals surface area contributed by atoms with Crippen molar-refractivity contribution in [2.75, 3.05) is 7.11 Å². The third-order valence-electron chi connectivity index (χ3n) is 2.34. The lowest BCUT2D eigenvalue weighted by molar-refractivity contribution is -0.193. The molecule has 0 saturated heterocycles. The van der Waals surface area contributed by atoms with Crippen LogP contribution < -0.4 is 0 Å². The highest BCUT2D eigenvalue weighted by Gasteiger charge is 2.42. The lowest BCUT2D eigenvalue weighted by Gasteiger charge is -2.24. The minimum Gasteiger partial charge on any atom is -0.501 e. The number of rotatable bonds is 2. The second kappa shape index (κ2) is 4.21. The van der Waals surface area contributed by atoms with Crippen molar-refractivity contribution in [3.8, 4) is 0 Å². The summed E-state index contributed by atoms with van der Waals surface area (Å²) in [6.07, 6.45) is -4.70. The van der Waals surface area contributed by atoms with Gasteiger partial charge in [0.25, 0.3) is 0 Å². The Kier molecular flexibility index (Phi) is 3.42. The molecule has 0 heterocycles. The average Bonchev–Trinajstić information content (AvgIpc) is 2.15. The SMILES string of the molecule is COC1=C([C@@H](O)C(F)(F)F)CCCC1. The van der Waals surface area contributed by atoms with E-state index in [1.807, 2.05) is 0 Å². The summed E-state index contributed by atoms with van der Waals surface area (Å²) in [5.74, 6) is 0.293. The van der Waals surface area contributed by atoms with E-state index >= 15 is 0 Å². The first-order valence-electron chi connectivity index (χ1n) is 4.47. The molecule has 82 valence electrons. The second-order valence-corrected chi connectivity index (χ2v) is 3.30. The number of hydrogen-bond donors (Lipinski definition) is 1. The van der Waals surface area contributed by atoms with Gasteiger partial charge in [-0.05, 0) is 19.3 Å².